The van der Waals surface area contributed by atoms with Crippen LogP contribution in [-0.4, -0.2) is 27.8 Å². The number of para-hydroxylation sites is 1. The number of aromatic nitrogens is 1. The molecule has 0 unspecified atom stereocenters. The minimum atomic E-state index is 0.561. The second-order valence-corrected chi connectivity index (χ2v) is 5.89. The second kappa shape index (κ2) is 7.01. The predicted octanol–water partition coefficient (Wildman–Crippen LogP) is 4.23. The summed E-state index contributed by atoms with van der Waals surface area (Å²) in [6, 6.07) is 11.1. The van der Waals surface area contributed by atoms with E-state index in [2.05, 4.69) is 63.9 Å². The average molecular weight is 321 g/mol. The fourth-order valence-electron chi connectivity index (χ4n) is 2.29. The van der Waals surface area contributed by atoms with E-state index in [4.69, 9.17) is 0 Å². The van der Waals surface area contributed by atoms with Gasteiger partial charge < -0.3 is 0 Å². The van der Waals surface area contributed by atoms with Crippen molar-refractivity contribution in [1.29, 1.82) is 0 Å². The van der Waals surface area contributed by atoms with E-state index in [0.29, 0.717) is 6.04 Å². The normalized spacial score (nSPS) is 11.6. The quantitative estimate of drug-likeness (QED) is 0.740. The van der Waals surface area contributed by atoms with Crippen molar-refractivity contribution >= 4 is 26.8 Å². The molecule has 2 aromatic rings. The van der Waals surface area contributed by atoms with Crippen LogP contribution >= 0.6 is 15.9 Å². The Kier molecular flexibility index (Phi) is 5.34. The van der Waals surface area contributed by atoms with E-state index in [0.717, 1.165) is 23.9 Å². The highest BCUT2D eigenvalue weighted by atomic mass is 79.9. The number of benzene rings is 1. The van der Waals surface area contributed by atoms with Crippen LogP contribution in [0.1, 0.15) is 25.8 Å². The van der Waals surface area contributed by atoms with Gasteiger partial charge in [0, 0.05) is 29.5 Å². The molecule has 0 bridgehead atoms. The molecule has 0 spiro atoms. The molecule has 0 saturated heterocycles. The summed E-state index contributed by atoms with van der Waals surface area (Å²) in [6.45, 7) is 6.64. The van der Waals surface area contributed by atoms with Crippen molar-refractivity contribution in [2.45, 2.75) is 32.9 Å². The van der Waals surface area contributed by atoms with Gasteiger partial charge in [-0.15, -0.1) is 0 Å². The summed E-state index contributed by atoms with van der Waals surface area (Å²) in [4.78, 5) is 6.95. The summed E-state index contributed by atoms with van der Waals surface area (Å²) in [5, 5.41) is 2.34. The summed E-state index contributed by atoms with van der Waals surface area (Å²) in [6.07, 6.45) is 3.10. The van der Waals surface area contributed by atoms with Gasteiger partial charge in [0.2, 0.25) is 0 Å². The second-order valence-electron chi connectivity index (χ2n) is 5.09. The van der Waals surface area contributed by atoms with Gasteiger partial charge in [-0.1, -0.05) is 34.1 Å². The molecule has 0 atom stereocenters. The molecule has 1 aromatic heterocycles. The Labute approximate surface area is 124 Å². The topological polar surface area (TPSA) is 16.1 Å². The van der Waals surface area contributed by atoms with Crippen LogP contribution in [0, 0.1) is 0 Å². The summed E-state index contributed by atoms with van der Waals surface area (Å²) in [5.74, 6) is 0. The smallest absolute Gasteiger partial charge is 0.0705 e. The maximum atomic E-state index is 4.43. The maximum absolute atomic E-state index is 4.43. The largest absolute Gasteiger partial charge is 0.297 e. The Balaban J connectivity index is 2.23. The van der Waals surface area contributed by atoms with Gasteiger partial charge >= 0.3 is 0 Å². The first kappa shape index (κ1) is 14.5. The summed E-state index contributed by atoms with van der Waals surface area (Å²) >= 11 is 3.52. The minimum absolute atomic E-state index is 0.561. The molecule has 0 fully saturated rings. The number of hydrogen-bond acceptors (Lipinski definition) is 2. The zero-order valence-electron chi connectivity index (χ0n) is 11.6. The highest BCUT2D eigenvalue weighted by Gasteiger charge is 2.11. The van der Waals surface area contributed by atoms with Gasteiger partial charge in [0.25, 0.3) is 0 Å². The number of alkyl halides is 1. The van der Waals surface area contributed by atoms with Crippen molar-refractivity contribution in [3.8, 4) is 0 Å². The lowest BCUT2D eigenvalue weighted by Crippen LogP contribution is -2.31. The molecule has 19 heavy (non-hydrogen) atoms. The lowest BCUT2D eigenvalue weighted by molar-refractivity contribution is 0.215. The van der Waals surface area contributed by atoms with Gasteiger partial charge in [0.1, 0.15) is 0 Å². The van der Waals surface area contributed by atoms with Crippen molar-refractivity contribution in [2.24, 2.45) is 0 Å². The molecule has 0 aliphatic rings. The molecule has 102 valence electrons. The zero-order valence-corrected chi connectivity index (χ0v) is 13.2. The van der Waals surface area contributed by atoms with Crippen LogP contribution in [0.3, 0.4) is 0 Å². The van der Waals surface area contributed by atoms with Crippen molar-refractivity contribution in [2.75, 3.05) is 11.9 Å². The van der Waals surface area contributed by atoms with E-state index in [1.54, 1.807) is 0 Å². The minimum Gasteiger partial charge on any atom is -0.297 e. The highest BCUT2D eigenvalue weighted by Crippen LogP contribution is 2.19. The van der Waals surface area contributed by atoms with Crippen molar-refractivity contribution in [3.05, 3.63) is 42.1 Å². The maximum Gasteiger partial charge on any atom is 0.0705 e. The van der Waals surface area contributed by atoms with Gasteiger partial charge in [-0.05, 0) is 44.5 Å². The Morgan fingerprint density at radius 1 is 1.21 bits per heavy atom. The third-order valence-electron chi connectivity index (χ3n) is 3.42. The van der Waals surface area contributed by atoms with Crippen LogP contribution < -0.4 is 0 Å². The fraction of sp³-hybridized carbons (Fsp3) is 0.438. The van der Waals surface area contributed by atoms with Crippen LogP contribution in [0.2, 0.25) is 0 Å². The molecule has 0 amide bonds. The lowest BCUT2D eigenvalue weighted by atomic mass is 10.1. The molecule has 2 rings (SSSR count). The van der Waals surface area contributed by atoms with E-state index in [1.165, 1.54) is 17.4 Å². The van der Waals surface area contributed by atoms with Crippen LogP contribution in [0.5, 0.6) is 0 Å². The number of fused-ring (bicyclic) bond motifs is 1. The molecule has 0 N–H and O–H groups in total. The SMILES string of the molecule is CC(C)N(CCCBr)Cc1ccnc2ccccc12. The number of hydrogen-bond donors (Lipinski definition) is 0. The van der Waals surface area contributed by atoms with Gasteiger partial charge in [-0.2, -0.15) is 0 Å². The summed E-state index contributed by atoms with van der Waals surface area (Å²) in [5.41, 5.74) is 2.46. The van der Waals surface area contributed by atoms with E-state index >= 15 is 0 Å². The Bertz CT molecular complexity index is 520. The molecule has 0 aliphatic heterocycles. The Hall–Kier alpha value is -0.930. The van der Waals surface area contributed by atoms with E-state index < -0.39 is 0 Å². The Morgan fingerprint density at radius 3 is 2.74 bits per heavy atom. The van der Waals surface area contributed by atoms with Crippen LogP contribution in [-0.2, 0) is 6.54 Å². The van der Waals surface area contributed by atoms with Crippen molar-refractivity contribution in [3.63, 3.8) is 0 Å². The summed E-state index contributed by atoms with van der Waals surface area (Å²) < 4.78 is 0. The fourth-order valence-corrected chi connectivity index (χ4v) is 2.55. The number of nitrogens with zero attached hydrogens (tertiary/aromatic N) is 2. The third-order valence-corrected chi connectivity index (χ3v) is 3.98. The molecule has 0 radical (unpaired) electrons. The number of pyridine rings is 1. The molecule has 2 nitrogen and oxygen atoms in total. The van der Waals surface area contributed by atoms with E-state index in [-0.39, 0.29) is 0 Å². The first-order valence-electron chi connectivity index (χ1n) is 6.85. The van der Waals surface area contributed by atoms with E-state index in [9.17, 15) is 0 Å². The molecule has 0 saturated carbocycles. The van der Waals surface area contributed by atoms with Crippen molar-refractivity contribution < 1.29 is 0 Å². The van der Waals surface area contributed by atoms with Gasteiger partial charge in [0.05, 0.1) is 5.52 Å². The third kappa shape index (κ3) is 3.77. The average Bonchev–Trinajstić information content (AvgIpc) is 2.43. The van der Waals surface area contributed by atoms with Crippen LogP contribution in [0.4, 0.5) is 0 Å². The van der Waals surface area contributed by atoms with Crippen LogP contribution in [0.25, 0.3) is 10.9 Å². The van der Waals surface area contributed by atoms with Crippen molar-refractivity contribution in [1.82, 2.24) is 9.88 Å². The van der Waals surface area contributed by atoms with E-state index in [1.807, 2.05) is 12.3 Å². The molecular weight excluding hydrogens is 300 g/mol. The monoisotopic (exact) mass is 320 g/mol. The first-order valence-corrected chi connectivity index (χ1v) is 7.97. The number of rotatable bonds is 6. The summed E-state index contributed by atoms with van der Waals surface area (Å²) in [7, 11) is 0. The van der Waals surface area contributed by atoms with Gasteiger partial charge in [-0.25, -0.2) is 0 Å². The van der Waals surface area contributed by atoms with Crippen LogP contribution in [0.15, 0.2) is 36.5 Å². The number of halogens is 1. The van der Waals surface area contributed by atoms with Gasteiger partial charge in [-0.3, -0.25) is 9.88 Å². The predicted molar refractivity (Wildman–Crippen MR) is 85.7 cm³/mol. The highest BCUT2D eigenvalue weighted by molar-refractivity contribution is 9.09. The molecular formula is C16H21BrN2. The van der Waals surface area contributed by atoms with Gasteiger partial charge in [0.15, 0.2) is 0 Å². The molecule has 0 aliphatic carbocycles. The first-order chi connectivity index (χ1) is 9.22. The molecule has 1 aromatic carbocycles. The molecule has 1 heterocycles. The Morgan fingerprint density at radius 2 is 2.00 bits per heavy atom. The molecule has 3 heteroatoms. The zero-order chi connectivity index (χ0) is 13.7. The standard InChI is InChI=1S/C16H21BrN2/c1-13(2)19(11-5-9-17)12-14-8-10-18-16-7-4-3-6-15(14)16/h3-4,6-8,10,13H,5,9,11-12H2,1-2H3. The lowest BCUT2D eigenvalue weighted by Gasteiger charge is -2.26.